The van der Waals surface area contributed by atoms with E-state index in [1.54, 1.807) is 6.26 Å². The van der Waals surface area contributed by atoms with Crippen LogP contribution in [0, 0.1) is 0 Å². The largest absolute Gasteiger partial charge is 0.468 e. The van der Waals surface area contributed by atoms with Crippen molar-refractivity contribution in [2.75, 3.05) is 19.5 Å². The Morgan fingerprint density at radius 2 is 2.21 bits per heavy atom. The minimum absolute atomic E-state index is 0.780. The molecule has 1 rings (SSSR count). The molecule has 0 aliphatic heterocycles. The van der Waals surface area contributed by atoms with Gasteiger partial charge in [0, 0.05) is 5.88 Å². The van der Waals surface area contributed by atoms with Gasteiger partial charge in [-0.25, -0.2) is 0 Å². The Bertz CT molecular complexity index is 223. The molecule has 2 nitrogen and oxygen atoms in total. The Morgan fingerprint density at radius 3 is 2.86 bits per heavy atom. The maximum absolute atomic E-state index is 5.60. The molecule has 0 atom stereocenters. The van der Waals surface area contributed by atoms with E-state index >= 15 is 0 Å². The third-order valence-electron chi connectivity index (χ3n) is 2.18. The summed E-state index contributed by atoms with van der Waals surface area (Å²) in [5.41, 5.74) is 0. The second-order valence-electron chi connectivity index (χ2n) is 3.57. The van der Waals surface area contributed by atoms with Gasteiger partial charge in [-0.3, -0.25) is 4.90 Å². The number of hydrogen-bond donors (Lipinski definition) is 0. The van der Waals surface area contributed by atoms with E-state index in [1.807, 2.05) is 12.1 Å². The molecule has 0 unspecified atom stereocenters. The fraction of sp³-hybridized carbons (Fsp3) is 0.636. The van der Waals surface area contributed by atoms with Crippen LogP contribution in [-0.4, -0.2) is 24.4 Å². The van der Waals surface area contributed by atoms with Crippen LogP contribution < -0.4 is 0 Å². The highest BCUT2D eigenvalue weighted by Crippen LogP contribution is 2.05. The van der Waals surface area contributed by atoms with Gasteiger partial charge in [0.05, 0.1) is 12.8 Å². The predicted octanol–water partition coefficient (Wildman–Crippen LogP) is 3.12. The first-order valence-electron chi connectivity index (χ1n) is 5.10. The van der Waals surface area contributed by atoms with E-state index < -0.39 is 0 Å². The molecule has 1 aromatic heterocycles. The van der Waals surface area contributed by atoms with Crippen molar-refractivity contribution < 1.29 is 4.42 Å². The molecule has 0 saturated carbocycles. The molecule has 80 valence electrons. The van der Waals surface area contributed by atoms with E-state index in [-0.39, 0.29) is 0 Å². The highest BCUT2D eigenvalue weighted by molar-refractivity contribution is 6.17. The topological polar surface area (TPSA) is 16.4 Å². The van der Waals surface area contributed by atoms with Crippen LogP contribution in [0.1, 0.15) is 25.0 Å². The molecular weight excluding hydrogens is 198 g/mol. The summed E-state index contributed by atoms with van der Waals surface area (Å²) >= 11 is 5.60. The molecule has 0 aliphatic rings. The summed E-state index contributed by atoms with van der Waals surface area (Å²) in [5.74, 6) is 1.81. The molecule has 0 aliphatic carbocycles. The van der Waals surface area contributed by atoms with Gasteiger partial charge >= 0.3 is 0 Å². The number of alkyl halides is 1. The maximum atomic E-state index is 5.60. The Balaban J connectivity index is 2.07. The minimum atomic E-state index is 0.780. The molecule has 0 aromatic carbocycles. The van der Waals surface area contributed by atoms with Crippen molar-refractivity contribution in [3.8, 4) is 0 Å². The van der Waals surface area contributed by atoms with Crippen molar-refractivity contribution in [1.82, 2.24) is 4.90 Å². The lowest BCUT2D eigenvalue weighted by atomic mass is 10.2. The van der Waals surface area contributed by atoms with E-state index in [4.69, 9.17) is 16.0 Å². The van der Waals surface area contributed by atoms with Crippen molar-refractivity contribution in [3.05, 3.63) is 24.2 Å². The molecule has 0 radical (unpaired) electrons. The van der Waals surface area contributed by atoms with E-state index in [2.05, 4.69) is 11.9 Å². The molecular formula is C11H18ClNO. The molecule has 0 spiro atoms. The first-order valence-corrected chi connectivity index (χ1v) is 5.63. The first-order chi connectivity index (χ1) is 6.83. The van der Waals surface area contributed by atoms with Crippen molar-refractivity contribution in [1.29, 1.82) is 0 Å². The van der Waals surface area contributed by atoms with Gasteiger partial charge in [0.1, 0.15) is 5.76 Å². The molecule has 3 heteroatoms. The number of hydrogen-bond acceptors (Lipinski definition) is 2. The van der Waals surface area contributed by atoms with Gasteiger partial charge in [0.25, 0.3) is 0 Å². The quantitative estimate of drug-likeness (QED) is 0.513. The second-order valence-corrected chi connectivity index (χ2v) is 3.94. The van der Waals surface area contributed by atoms with Crippen LogP contribution in [0.2, 0.25) is 0 Å². The Kier molecular flexibility index (Phi) is 5.72. The van der Waals surface area contributed by atoms with Crippen molar-refractivity contribution in [3.63, 3.8) is 0 Å². The van der Waals surface area contributed by atoms with Crippen molar-refractivity contribution in [2.45, 2.75) is 25.8 Å². The lowest BCUT2D eigenvalue weighted by molar-refractivity contribution is 0.289. The molecule has 0 bridgehead atoms. The van der Waals surface area contributed by atoms with Crippen LogP contribution in [-0.2, 0) is 6.54 Å². The maximum Gasteiger partial charge on any atom is 0.117 e. The molecule has 0 saturated heterocycles. The minimum Gasteiger partial charge on any atom is -0.468 e. The van der Waals surface area contributed by atoms with Crippen LogP contribution in [0.25, 0.3) is 0 Å². The smallest absolute Gasteiger partial charge is 0.117 e. The predicted molar refractivity (Wildman–Crippen MR) is 59.6 cm³/mol. The van der Waals surface area contributed by atoms with Crippen LogP contribution in [0.15, 0.2) is 22.8 Å². The van der Waals surface area contributed by atoms with Crippen LogP contribution in [0.4, 0.5) is 0 Å². The average Bonchev–Trinajstić information content (AvgIpc) is 2.65. The number of nitrogens with zero attached hydrogens (tertiary/aromatic N) is 1. The van der Waals surface area contributed by atoms with Gasteiger partial charge in [-0.05, 0) is 38.6 Å². The van der Waals surface area contributed by atoms with Crippen LogP contribution in [0.3, 0.4) is 0 Å². The standard InChI is InChI=1S/C11H18ClNO/c1-13(8-4-2-3-7-12)10-11-6-5-9-14-11/h5-6,9H,2-4,7-8,10H2,1H3. The Labute approximate surface area is 90.8 Å². The Morgan fingerprint density at radius 1 is 1.36 bits per heavy atom. The third-order valence-corrected chi connectivity index (χ3v) is 2.45. The highest BCUT2D eigenvalue weighted by Gasteiger charge is 2.01. The molecule has 14 heavy (non-hydrogen) atoms. The molecule has 1 heterocycles. The molecule has 0 N–H and O–H groups in total. The summed E-state index contributed by atoms with van der Waals surface area (Å²) in [7, 11) is 2.11. The van der Waals surface area contributed by atoms with Gasteiger partial charge in [-0.15, -0.1) is 11.6 Å². The van der Waals surface area contributed by atoms with Crippen molar-refractivity contribution in [2.24, 2.45) is 0 Å². The highest BCUT2D eigenvalue weighted by atomic mass is 35.5. The SMILES string of the molecule is CN(CCCCCCl)Cc1ccco1. The Hall–Kier alpha value is -0.470. The fourth-order valence-electron chi connectivity index (χ4n) is 1.40. The van der Waals surface area contributed by atoms with Crippen molar-refractivity contribution >= 4 is 11.6 Å². The van der Waals surface area contributed by atoms with Gasteiger partial charge in [0.15, 0.2) is 0 Å². The zero-order valence-electron chi connectivity index (χ0n) is 8.71. The molecule has 1 aromatic rings. The number of furan rings is 1. The first kappa shape index (κ1) is 11.6. The number of unbranched alkanes of at least 4 members (excludes halogenated alkanes) is 2. The average molecular weight is 216 g/mol. The summed E-state index contributed by atoms with van der Waals surface area (Å²) < 4.78 is 5.27. The monoisotopic (exact) mass is 215 g/mol. The zero-order chi connectivity index (χ0) is 10.2. The van der Waals surface area contributed by atoms with Gasteiger partial charge in [0.2, 0.25) is 0 Å². The summed E-state index contributed by atoms with van der Waals surface area (Å²) in [5, 5.41) is 0. The van der Waals surface area contributed by atoms with E-state index in [1.165, 1.54) is 12.8 Å². The summed E-state index contributed by atoms with van der Waals surface area (Å²) in [6.45, 7) is 2.01. The van der Waals surface area contributed by atoms with E-state index in [0.29, 0.717) is 0 Å². The summed E-state index contributed by atoms with van der Waals surface area (Å²) in [4.78, 5) is 2.27. The lowest BCUT2D eigenvalue weighted by Crippen LogP contribution is -2.18. The van der Waals surface area contributed by atoms with Crippen LogP contribution in [0.5, 0.6) is 0 Å². The van der Waals surface area contributed by atoms with Crippen LogP contribution >= 0.6 is 11.6 Å². The van der Waals surface area contributed by atoms with E-state index in [0.717, 1.165) is 31.2 Å². The molecule has 0 fully saturated rings. The second kappa shape index (κ2) is 6.91. The summed E-state index contributed by atoms with van der Waals surface area (Å²) in [6.07, 6.45) is 5.27. The van der Waals surface area contributed by atoms with Gasteiger partial charge < -0.3 is 4.42 Å². The zero-order valence-corrected chi connectivity index (χ0v) is 9.46. The summed E-state index contributed by atoms with van der Waals surface area (Å²) in [6, 6.07) is 3.94. The lowest BCUT2D eigenvalue weighted by Gasteiger charge is -2.14. The number of halogens is 1. The van der Waals surface area contributed by atoms with Gasteiger partial charge in [-0.2, -0.15) is 0 Å². The normalized spacial score (nSPS) is 11.1. The fourth-order valence-corrected chi connectivity index (χ4v) is 1.59. The third kappa shape index (κ3) is 4.68. The van der Waals surface area contributed by atoms with E-state index in [9.17, 15) is 0 Å². The van der Waals surface area contributed by atoms with Gasteiger partial charge in [-0.1, -0.05) is 6.42 Å². The molecule has 0 amide bonds. The number of rotatable bonds is 7.